The highest BCUT2D eigenvalue weighted by molar-refractivity contribution is 7.98. The molecule has 6 heteroatoms. The average molecular weight is 340 g/mol. The van der Waals surface area contributed by atoms with Gasteiger partial charge in [0.1, 0.15) is 5.76 Å². The largest absolute Gasteiger partial charge is 0.469 e. The molecule has 0 bridgehead atoms. The van der Waals surface area contributed by atoms with Crippen molar-refractivity contribution in [2.24, 2.45) is 10.9 Å². The van der Waals surface area contributed by atoms with Crippen LogP contribution >= 0.6 is 11.8 Å². The van der Waals surface area contributed by atoms with E-state index in [1.807, 2.05) is 23.9 Å². The predicted molar refractivity (Wildman–Crippen MR) is 97.3 cm³/mol. The van der Waals surface area contributed by atoms with Crippen molar-refractivity contribution in [1.29, 1.82) is 0 Å². The molecule has 0 saturated heterocycles. The van der Waals surface area contributed by atoms with Crippen LogP contribution in [0.2, 0.25) is 0 Å². The van der Waals surface area contributed by atoms with Crippen LogP contribution in [0.25, 0.3) is 0 Å². The Balaban J connectivity index is 1.60. The molecule has 2 N–H and O–H groups in total. The SMILES string of the molecule is CSCCNC(=NCCCOCC1CC1)NCCc1ccco1. The molecule has 0 aliphatic heterocycles. The number of hydrogen-bond acceptors (Lipinski definition) is 4. The normalized spacial score (nSPS) is 14.9. The van der Waals surface area contributed by atoms with E-state index in [0.29, 0.717) is 0 Å². The highest BCUT2D eigenvalue weighted by atomic mass is 32.2. The van der Waals surface area contributed by atoms with E-state index in [4.69, 9.17) is 9.15 Å². The average Bonchev–Trinajstić information content (AvgIpc) is 3.24. The van der Waals surface area contributed by atoms with Gasteiger partial charge in [-0.3, -0.25) is 4.99 Å². The van der Waals surface area contributed by atoms with E-state index in [1.54, 1.807) is 6.26 Å². The summed E-state index contributed by atoms with van der Waals surface area (Å²) >= 11 is 1.83. The van der Waals surface area contributed by atoms with Gasteiger partial charge in [0.05, 0.1) is 6.26 Å². The smallest absolute Gasteiger partial charge is 0.191 e. The van der Waals surface area contributed by atoms with Gasteiger partial charge in [0, 0.05) is 45.0 Å². The third-order valence-electron chi connectivity index (χ3n) is 3.61. The molecule has 1 aromatic rings. The van der Waals surface area contributed by atoms with Gasteiger partial charge in [-0.2, -0.15) is 11.8 Å². The van der Waals surface area contributed by atoms with Crippen molar-refractivity contribution >= 4 is 17.7 Å². The Morgan fingerprint density at radius 2 is 2.26 bits per heavy atom. The minimum atomic E-state index is 0.792. The molecule has 0 amide bonds. The van der Waals surface area contributed by atoms with Gasteiger partial charge in [0.2, 0.25) is 0 Å². The summed E-state index contributed by atoms with van der Waals surface area (Å²) < 4.78 is 11.0. The molecule has 5 nitrogen and oxygen atoms in total. The van der Waals surface area contributed by atoms with Crippen molar-refractivity contribution in [2.45, 2.75) is 25.7 Å². The number of nitrogens with one attached hydrogen (secondary N) is 2. The van der Waals surface area contributed by atoms with Crippen molar-refractivity contribution in [2.75, 3.05) is 44.9 Å². The van der Waals surface area contributed by atoms with Crippen LogP contribution in [0.3, 0.4) is 0 Å². The summed E-state index contributed by atoms with van der Waals surface area (Å²) in [6, 6.07) is 3.92. The first-order valence-corrected chi connectivity index (χ1v) is 9.89. The van der Waals surface area contributed by atoms with E-state index in [1.165, 1.54) is 12.8 Å². The number of aliphatic imine (C=N–C) groups is 1. The molecule has 1 fully saturated rings. The summed E-state index contributed by atoms with van der Waals surface area (Å²) in [5.74, 6) is 3.79. The van der Waals surface area contributed by atoms with E-state index in [0.717, 1.165) is 69.1 Å². The quantitative estimate of drug-likeness (QED) is 0.348. The maximum Gasteiger partial charge on any atom is 0.191 e. The number of ether oxygens (including phenoxy) is 1. The third kappa shape index (κ3) is 8.91. The second kappa shape index (κ2) is 11.4. The van der Waals surface area contributed by atoms with Gasteiger partial charge in [0.25, 0.3) is 0 Å². The van der Waals surface area contributed by atoms with E-state index < -0.39 is 0 Å². The van der Waals surface area contributed by atoms with Crippen molar-refractivity contribution in [3.63, 3.8) is 0 Å². The third-order valence-corrected chi connectivity index (χ3v) is 4.22. The molecule has 0 radical (unpaired) electrons. The molecule has 1 aliphatic carbocycles. The molecule has 1 saturated carbocycles. The lowest BCUT2D eigenvalue weighted by atomic mass is 10.3. The van der Waals surface area contributed by atoms with Gasteiger partial charge in [-0.1, -0.05) is 0 Å². The molecule has 1 heterocycles. The Morgan fingerprint density at radius 3 is 3.00 bits per heavy atom. The number of guanidine groups is 1. The Bertz CT molecular complexity index is 433. The molecule has 0 unspecified atom stereocenters. The molecule has 0 aromatic carbocycles. The molecule has 0 spiro atoms. The van der Waals surface area contributed by atoms with Gasteiger partial charge in [-0.25, -0.2) is 0 Å². The van der Waals surface area contributed by atoms with E-state index in [2.05, 4.69) is 21.9 Å². The lowest BCUT2D eigenvalue weighted by Gasteiger charge is -2.12. The van der Waals surface area contributed by atoms with Crippen molar-refractivity contribution in [1.82, 2.24) is 10.6 Å². The van der Waals surface area contributed by atoms with Crippen LogP contribution in [-0.2, 0) is 11.2 Å². The van der Waals surface area contributed by atoms with Crippen LogP contribution in [0.15, 0.2) is 27.8 Å². The van der Waals surface area contributed by atoms with Gasteiger partial charge in [0.15, 0.2) is 5.96 Å². The van der Waals surface area contributed by atoms with Crippen molar-refractivity contribution in [3.05, 3.63) is 24.2 Å². The van der Waals surface area contributed by atoms with Gasteiger partial charge >= 0.3 is 0 Å². The zero-order valence-electron chi connectivity index (χ0n) is 14.1. The molecule has 1 aliphatic rings. The molecule has 1 aromatic heterocycles. The standard InChI is InChI=1S/C17H29N3O2S/c1-23-13-10-20-17(19-9-7-16-4-2-12-22-16)18-8-3-11-21-14-15-5-6-15/h2,4,12,15H,3,5-11,13-14H2,1H3,(H2,18,19,20). The molecule has 0 atom stereocenters. The Hall–Kier alpha value is -1.14. The molecule has 23 heavy (non-hydrogen) atoms. The van der Waals surface area contributed by atoms with E-state index in [9.17, 15) is 0 Å². The Morgan fingerprint density at radius 1 is 1.39 bits per heavy atom. The van der Waals surface area contributed by atoms with Gasteiger partial charge in [-0.15, -0.1) is 0 Å². The fraction of sp³-hybridized carbons (Fsp3) is 0.706. The first kappa shape index (κ1) is 18.2. The minimum Gasteiger partial charge on any atom is -0.469 e. The highest BCUT2D eigenvalue weighted by Gasteiger charge is 2.20. The zero-order valence-corrected chi connectivity index (χ0v) is 14.9. The van der Waals surface area contributed by atoms with Gasteiger partial charge < -0.3 is 19.8 Å². The number of hydrogen-bond donors (Lipinski definition) is 2. The summed E-state index contributed by atoms with van der Waals surface area (Å²) in [6.07, 6.45) is 8.35. The topological polar surface area (TPSA) is 58.8 Å². The summed E-state index contributed by atoms with van der Waals surface area (Å²) in [6.45, 7) is 4.27. The Labute approximate surface area is 143 Å². The Kier molecular flexibility index (Phi) is 9.03. The molecular weight excluding hydrogens is 310 g/mol. The second-order valence-corrected chi connectivity index (χ2v) is 6.76. The summed E-state index contributed by atoms with van der Waals surface area (Å²) in [4.78, 5) is 4.62. The van der Waals surface area contributed by atoms with Crippen LogP contribution in [-0.4, -0.2) is 50.8 Å². The summed E-state index contributed by atoms with van der Waals surface area (Å²) in [7, 11) is 0. The maximum absolute atomic E-state index is 5.64. The summed E-state index contributed by atoms with van der Waals surface area (Å²) in [5.41, 5.74) is 0. The fourth-order valence-electron chi connectivity index (χ4n) is 2.10. The van der Waals surface area contributed by atoms with Crippen LogP contribution in [0, 0.1) is 5.92 Å². The predicted octanol–water partition coefficient (Wildman–Crippen LogP) is 2.54. The molecular formula is C17H29N3O2S. The van der Waals surface area contributed by atoms with Crippen LogP contribution < -0.4 is 10.6 Å². The van der Waals surface area contributed by atoms with Crippen LogP contribution in [0.5, 0.6) is 0 Å². The second-order valence-electron chi connectivity index (χ2n) is 5.78. The van der Waals surface area contributed by atoms with Crippen molar-refractivity contribution < 1.29 is 9.15 Å². The fourth-order valence-corrected chi connectivity index (χ4v) is 2.40. The lowest BCUT2D eigenvalue weighted by molar-refractivity contribution is 0.123. The molecule has 130 valence electrons. The number of thioether (sulfide) groups is 1. The lowest BCUT2D eigenvalue weighted by Crippen LogP contribution is -2.39. The minimum absolute atomic E-state index is 0.792. The number of rotatable bonds is 12. The number of nitrogens with zero attached hydrogens (tertiary/aromatic N) is 1. The summed E-state index contributed by atoms with van der Waals surface area (Å²) in [5, 5.41) is 6.73. The van der Waals surface area contributed by atoms with E-state index >= 15 is 0 Å². The van der Waals surface area contributed by atoms with E-state index in [-0.39, 0.29) is 0 Å². The van der Waals surface area contributed by atoms with Crippen molar-refractivity contribution in [3.8, 4) is 0 Å². The van der Waals surface area contributed by atoms with Crippen LogP contribution in [0.1, 0.15) is 25.0 Å². The monoisotopic (exact) mass is 339 g/mol. The molecule has 2 rings (SSSR count). The number of furan rings is 1. The van der Waals surface area contributed by atoms with Crippen LogP contribution in [0.4, 0.5) is 0 Å². The van der Waals surface area contributed by atoms with Gasteiger partial charge in [-0.05, 0) is 43.6 Å². The zero-order chi connectivity index (χ0) is 16.2. The first-order chi connectivity index (χ1) is 11.4. The highest BCUT2D eigenvalue weighted by Crippen LogP contribution is 2.28. The first-order valence-electron chi connectivity index (χ1n) is 8.49. The maximum atomic E-state index is 5.64.